The zero-order chi connectivity index (χ0) is 11.7. The molecule has 2 bridgehead atoms. The lowest BCUT2D eigenvalue weighted by Gasteiger charge is -2.29. The molecule has 0 radical (unpaired) electrons. The predicted octanol–water partition coefficient (Wildman–Crippen LogP) is 3.31. The zero-order valence-corrected chi connectivity index (χ0v) is 11.2. The molecule has 2 fully saturated rings. The molecule has 2 aliphatic rings. The standard InChI is InChI=1S/C15H21NS/c1-17-15-9-12-7-13(15)14(8-12)16-10-11-5-3-2-4-6-11/h2-6,12-16H,7-10H2,1H3/t12-,13+,14-,15+/m0/s1. The maximum absolute atomic E-state index is 3.78. The third-order valence-corrected chi connectivity index (χ3v) is 5.61. The van der Waals surface area contributed by atoms with Crippen LogP contribution in [0.15, 0.2) is 30.3 Å². The van der Waals surface area contributed by atoms with Gasteiger partial charge < -0.3 is 5.32 Å². The van der Waals surface area contributed by atoms with E-state index in [1.165, 1.54) is 24.8 Å². The Kier molecular flexibility index (Phi) is 3.44. The molecule has 0 amide bonds. The van der Waals surface area contributed by atoms with E-state index in [0.717, 1.165) is 29.7 Å². The minimum Gasteiger partial charge on any atom is -0.310 e. The fourth-order valence-electron chi connectivity index (χ4n) is 3.64. The van der Waals surface area contributed by atoms with E-state index in [0.29, 0.717) is 0 Å². The van der Waals surface area contributed by atoms with Crippen molar-refractivity contribution in [3.63, 3.8) is 0 Å². The topological polar surface area (TPSA) is 12.0 Å². The van der Waals surface area contributed by atoms with Crippen LogP contribution < -0.4 is 5.32 Å². The van der Waals surface area contributed by atoms with Crippen LogP contribution >= 0.6 is 11.8 Å². The third-order valence-electron chi connectivity index (χ3n) is 4.47. The summed E-state index contributed by atoms with van der Waals surface area (Å²) >= 11 is 2.08. The Hall–Kier alpha value is -0.470. The van der Waals surface area contributed by atoms with Crippen LogP contribution in [0, 0.1) is 11.8 Å². The van der Waals surface area contributed by atoms with E-state index >= 15 is 0 Å². The van der Waals surface area contributed by atoms with Crippen molar-refractivity contribution in [3.05, 3.63) is 35.9 Å². The minimum absolute atomic E-state index is 0.770. The van der Waals surface area contributed by atoms with Gasteiger partial charge in [0, 0.05) is 17.8 Å². The molecular formula is C15H21NS. The van der Waals surface area contributed by atoms with Gasteiger partial charge in [-0.25, -0.2) is 0 Å². The SMILES string of the molecule is CS[C@@H]1C[C@H]2C[C@@H]1[C@@H](NCc1ccccc1)C2. The number of thioether (sulfide) groups is 1. The number of rotatable bonds is 4. The van der Waals surface area contributed by atoms with Crippen LogP contribution in [0.3, 0.4) is 0 Å². The molecule has 1 N–H and O–H groups in total. The zero-order valence-electron chi connectivity index (χ0n) is 10.4. The number of hydrogen-bond acceptors (Lipinski definition) is 2. The highest BCUT2D eigenvalue weighted by atomic mass is 32.2. The summed E-state index contributed by atoms with van der Waals surface area (Å²) in [6.07, 6.45) is 6.63. The average molecular weight is 247 g/mol. The first-order chi connectivity index (χ1) is 8.36. The second-order valence-electron chi connectivity index (χ2n) is 5.48. The summed E-state index contributed by atoms with van der Waals surface area (Å²) in [5.74, 6) is 1.93. The number of fused-ring (bicyclic) bond motifs is 2. The Morgan fingerprint density at radius 2 is 2.00 bits per heavy atom. The van der Waals surface area contributed by atoms with Crippen LogP contribution in [-0.4, -0.2) is 17.5 Å². The maximum Gasteiger partial charge on any atom is 0.0208 e. The summed E-state index contributed by atoms with van der Waals surface area (Å²) in [5.41, 5.74) is 1.41. The molecule has 0 saturated heterocycles. The van der Waals surface area contributed by atoms with Gasteiger partial charge >= 0.3 is 0 Å². The molecule has 1 nitrogen and oxygen atoms in total. The van der Waals surface area contributed by atoms with Gasteiger partial charge in [-0.05, 0) is 42.9 Å². The summed E-state index contributed by atoms with van der Waals surface area (Å²) in [4.78, 5) is 0. The molecule has 1 aromatic carbocycles. The Labute approximate surface area is 108 Å². The molecule has 92 valence electrons. The molecule has 17 heavy (non-hydrogen) atoms. The smallest absolute Gasteiger partial charge is 0.0208 e. The van der Waals surface area contributed by atoms with Crippen molar-refractivity contribution >= 4 is 11.8 Å². The highest BCUT2D eigenvalue weighted by Crippen LogP contribution is 2.49. The van der Waals surface area contributed by atoms with Gasteiger partial charge in [-0.15, -0.1) is 0 Å². The Bertz CT molecular complexity index is 364. The molecule has 2 heteroatoms. The first-order valence-corrected chi connectivity index (χ1v) is 7.95. The highest BCUT2D eigenvalue weighted by Gasteiger charge is 2.45. The van der Waals surface area contributed by atoms with E-state index in [-0.39, 0.29) is 0 Å². The first kappa shape index (κ1) is 11.6. The molecule has 1 aromatic rings. The molecule has 0 aliphatic heterocycles. The van der Waals surface area contributed by atoms with Gasteiger partial charge in [-0.3, -0.25) is 0 Å². The highest BCUT2D eigenvalue weighted by molar-refractivity contribution is 7.99. The molecule has 0 unspecified atom stereocenters. The number of benzene rings is 1. The summed E-state index contributed by atoms with van der Waals surface area (Å²) < 4.78 is 0. The Morgan fingerprint density at radius 3 is 2.71 bits per heavy atom. The lowest BCUT2D eigenvalue weighted by atomic mass is 9.94. The largest absolute Gasteiger partial charge is 0.310 e. The monoisotopic (exact) mass is 247 g/mol. The van der Waals surface area contributed by atoms with E-state index in [9.17, 15) is 0 Å². The van der Waals surface area contributed by atoms with Crippen molar-refractivity contribution in [2.75, 3.05) is 6.26 Å². The van der Waals surface area contributed by atoms with Crippen molar-refractivity contribution in [2.24, 2.45) is 11.8 Å². The van der Waals surface area contributed by atoms with E-state index in [1.54, 1.807) is 0 Å². The molecule has 3 rings (SSSR count). The van der Waals surface area contributed by atoms with Gasteiger partial charge in [0.25, 0.3) is 0 Å². The van der Waals surface area contributed by atoms with Crippen LogP contribution in [-0.2, 0) is 6.54 Å². The first-order valence-electron chi connectivity index (χ1n) is 6.67. The van der Waals surface area contributed by atoms with Gasteiger partial charge in [0.05, 0.1) is 0 Å². The molecular weight excluding hydrogens is 226 g/mol. The van der Waals surface area contributed by atoms with E-state index in [1.807, 2.05) is 0 Å². The molecule has 4 atom stereocenters. The van der Waals surface area contributed by atoms with E-state index in [4.69, 9.17) is 0 Å². The second kappa shape index (κ2) is 5.03. The molecule has 0 heterocycles. The molecule has 0 aromatic heterocycles. The van der Waals surface area contributed by atoms with Crippen molar-refractivity contribution < 1.29 is 0 Å². The predicted molar refractivity (Wildman–Crippen MR) is 75.2 cm³/mol. The average Bonchev–Trinajstić information content (AvgIpc) is 2.96. The van der Waals surface area contributed by atoms with Crippen LogP contribution in [0.25, 0.3) is 0 Å². The van der Waals surface area contributed by atoms with Crippen molar-refractivity contribution in [3.8, 4) is 0 Å². The number of hydrogen-bond donors (Lipinski definition) is 1. The third kappa shape index (κ3) is 2.38. The lowest BCUT2D eigenvalue weighted by Crippen LogP contribution is -2.38. The normalized spacial score (nSPS) is 35.4. The van der Waals surface area contributed by atoms with Gasteiger partial charge in [-0.1, -0.05) is 30.3 Å². The van der Waals surface area contributed by atoms with Crippen LogP contribution in [0.5, 0.6) is 0 Å². The minimum atomic E-state index is 0.770. The van der Waals surface area contributed by atoms with Gasteiger partial charge in [0.1, 0.15) is 0 Å². The fourth-order valence-corrected chi connectivity index (χ4v) is 4.75. The van der Waals surface area contributed by atoms with E-state index < -0.39 is 0 Å². The van der Waals surface area contributed by atoms with Crippen LogP contribution in [0.4, 0.5) is 0 Å². The van der Waals surface area contributed by atoms with Gasteiger partial charge in [0.2, 0.25) is 0 Å². The quantitative estimate of drug-likeness (QED) is 0.876. The summed E-state index contributed by atoms with van der Waals surface area (Å²) in [6.45, 7) is 1.04. The van der Waals surface area contributed by atoms with Crippen molar-refractivity contribution in [1.82, 2.24) is 5.32 Å². The number of nitrogens with one attached hydrogen (secondary N) is 1. The summed E-state index contributed by atoms with van der Waals surface area (Å²) in [6, 6.07) is 11.5. The lowest BCUT2D eigenvalue weighted by molar-refractivity contribution is 0.359. The fraction of sp³-hybridized carbons (Fsp3) is 0.600. The van der Waals surface area contributed by atoms with Gasteiger partial charge in [-0.2, -0.15) is 11.8 Å². The Morgan fingerprint density at radius 1 is 1.18 bits per heavy atom. The Balaban J connectivity index is 1.57. The summed E-state index contributed by atoms with van der Waals surface area (Å²) in [5, 5.41) is 4.70. The van der Waals surface area contributed by atoms with Crippen molar-refractivity contribution in [1.29, 1.82) is 0 Å². The maximum atomic E-state index is 3.78. The second-order valence-corrected chi connectivity index (χ2v) is 6.56. The van der Waals surface area contributed by atoms with Crippen LogP contribution in [0.2, 0.25) is 0 Å². The molecule has 0 spiro atoms. The molecule has 2 saturated carbocycles. The van der Waals surface area contributed by atoms with E-state index in [2.05, 4.69) is 53.7 Å². The van der Waals surface area contributed by atoms with Crippen molar-refractivity contribution in [2.45, 2.75) is 37.1 Å². The van der Waals surface area contributed by atoms with Crippen LogP contribution in [0.1, 0.15) is 24.8 Å². The van der Waals surface area contributed by atoms with Gasteiger partial charge in [0.15, 0.2) is 0 Å². The summed E-state index contributed by atoms with van der Waals surface area (Å²) in [7, 11) is 0. The molecule has 2 aliphatic carbocycles.